The molecular formula is C8H18N2O2S. The van der Waals surface area contributed by atoms with Gasteiger partial charge in [-0.2, -0.15) is 0 Å². The van der Waals surface area contributed by atoms with E-state index in [0.29, 0.717) is 13.0 Å². The Hall–Kier alpha value is -0.130. The van der Waals surface area contributed by atoms with Crippen LogP contribution < -0.4 is 5.73 Å². The highest BCUT2D eigenvalue weighted by Crippen LogP contribution is 2.27. The van der Waals surface area contributed by atoms with Gasteiger partial charge < -0.3 is 5.73 Å². The van der Waals surface area contributed by atoms with E-state index in [-0.39, 0.29) is 17.0 Å². The Morgan fingerprint density at radius 2 is 2.15 bits per heavy atom. The third-order valence-corrected chi connectivity index (χ3v) is 4.83. The molecule has 0 aromatic carbocycles. The Morgan fingerprint density at radius 1 is 1.54 bits per heavy atom. The fraction of sp³-hybridized carbons (Fsp3) is 1.00. The normalized spacial score (nSPS) is 32.6. The van der Waals surface area contributed by atoms with Crippen LogP contribution in [0.3, 0.4) is 0 Å². The van der Waals surface area contributed by atoms with Crippen molar-refractivity contribution < 1.29 is 8.42 Å². The molecule has 4 nitrogen and oxygen atoms in total. The topological polar surface area (TPSA) is 63.4 Å². The van der Waals surface area contributed by atoms with Crippen molar-refractivity contribution in [3.8, 4) is 0 Å². The van der Waals surface area contributed by atoms with Crippen LogP contribution >= 0.6 is 0 Å². The lowest BCUT2D eigenvalue weighted by Crippen LogP contribution is -2.53. The minimum Gasteiger partial charge on any atom is -0.329 e. The summed E-state index contributed by atoms with van der Waals surface area (Å²) in [5, 5.41) is 0. The van der Waals surface area contributed by atoms with Crippen molar-refractivity contribution in [1.82, 2.24) is 4.90 Å². The molecule has 0 aromatic rings. The summed E-state index contributed by atoms with van der Waals surface area (Å²) in [6.45, 7) is 3.28. The maximum Gasteiger partial charge on any atom is 0.152 e. The predicted octanol–water partition coefficient (Wildman–Crippen LogP) is -0.546. The molecule has 0 saturated carbocycles. The van der Waals surface area contributed by atoms with E-state index in [2.05, 4.69) is 4.90 Å². The summed E-state index contributed by atoms with van der Waals surface area (Å²) in [6.07, 6.45) is 0.677. The third kappa shape index (κ3) is 2.03. The van der Waals surface area contributed by atoms with Crippen molar-refractivity contribution in [2.45, 2.75) is 18.9 Å². The van der Waals surface area contributed by atoms with E-state index in [1.54, 1.807) is 0 Å². The molecule has 1 aliphatic rings. The first-order chi connectivity index (χ1) is 5.96. The largest absolute Gasteiger partial charge is 0.329 e. The zero-order chi connectivity index (χ0) is 10.1. The Labute approximate surface area is 80.0 Å². The quantitative estimate of drug-likeness (QED) is 0.673. The monoisotopic (exact) mass is 206 g/mol. The van der Waals surface area contributed by atoms with Crippen LogP contribution in [0.2, 0.25) is 0 Å². The summed E-state index contributed by atoms with van der Waals surface area (Å²) < 4.78 is 22.7. The average Bonchev–Trinajstić information content (AvgIpc) is 2.41. The van der Waals surface area contributed by atoms with E-state index in [1.807, 2.05) is 14.0 Å². The van der Waals surface area contributed by atoms with Gasteiger partial charge in [-0.25, -0.2) is 8.42 Å². The Bertz CT molecular complexity index is 276. The minimum absolute atomic E-state index is 0.223. The molecule has 5 heteroatoms. The van der Waals surface area contributed by atoms with Crippen LogP contribution in [0.5, 0.6) is 0 Å². The average molecular weight is 206 g/mol. The smallest absolute Gasteiger partial charge is 0.152 e. The van der Waals surface area contributed by atoms with Gasteiger partial charge in [0.25, 0.3) is 0 Å². The maximum absolute atomic E-state index is 11.3. The second-order valence-corrected chi connectivity index (χ2v) is 5.97. The molecule has 1 heterocycles. The van der Waals surface area contributed by atoms with Gasteiger partial charge in [0, 0.05) is 12.1 Å². The van der Waals surface area contributed by atoms with Gasteiger partial charge in [0.05, 0.1) is 11.5 Å². The van der Waals surface area contributed by atoms with Gasteiger partial charge in [0.1, 0.15) is 0 Å². The molecule has 1 atom stereocenters. The van der Waals surface area contributed by atoms with Crippen molar-refractivity contribution in [3.63, 3.8) is 0 Å². The van der Waals surface area contributed by atoms with Gasteiger partial charge in [0.2, 0.25) is 0 Å². The number of nitrogens with zero attached hydrogens (tertiary/aromatic N) is 1. The number of sulfone groups is 1. The Morgan fingerprint density at radius 3 is 2.46 bits per heavy atom. The Kier molecular flexibility index (Phi) is 2.99. The number of hydrogen-bond donors (Lipinski definition) is 1. The molecule has 0 aromatic heterocycles. The second-order valence-electron chi connectivity index (χ2n) is 3.78. The van der Waals surface area contributed by atoms with Crippen molar-refractivity contribution in [2.24, 2.45) is 5.73 Å². The molecule has 0 aliphatic carbocycles. The van der Waals surface area contributed by atoms with E-state index >= 15 is 0 Å². The fourth-order valence-electron chi connectivity index (χ4n) is 1.85. The standard InChI is InChI=1S/C8H18N2O2S/c1-3-10(2)8(6-9)4-5-13(11,12)7-8/h3-7,9H2,1-2H3. The molecule has 0 bridgehead atoms. The molecule has 1 aliphatic heterocycles. The lowest BCUT2D eigenvalue weighted by molar-refractivity contribution is 0.159. The SMILES string of the molecule is CCN(C)C1(CN)CCS(=O)(=O)C1. The Balaban J connectivity index is 2.86. The fourth-order valence-corrected chi connectivity index (χ4v) is 3.99. The van der Waals surface area contributed by atoms with Crippen LogP contribution in [0.15, 0.2) is 0 Å². The summed E-state index contributed by atoms with van der Waals surface area (Å²) in [4.78, 5) is 2.05. The van der Waals surface area contributed by atoms with E-state index in [4.69, 9.17) is 5.73 Å². The number of rotatable bonds is 3. The molecule has 78 valence electrons. The van der Waals surface area contributed by atoms with Crippen LogP contribution in [0.4, 0.5) is 0 Å². The van der Waals surface area contributed by atoms with E-state index in [0.717, 1.165) is 6.54 Å². The second kappa shape index (κ2) is 3.55. The van der Waals surface area contributed by atoms with Crippen molar-refractivity contribution >= 4 is 9.84 Å². The first-order valence-corrected chi connectivity index (χ1v) is 6.40. The molecule has 0 spiro atoms. The number of hydrogen-bond acceptors (Lipinski definition) is 4. The van der Waals surface area contributed by atoms with Gasteiger partial charge in [-0.15, -0.1) is 0 Å². The van der Waals surface area contributed by atoms with Crippen LogP contribution in [-0.4, -0.2) is 50.5 Å². The zero-order valence-corrected chi connectivity index (χ0v) is 9.10. The minimum atomic E-state index is -2.84. The first-order valence-electron chi connectivity index (χ1n) is 4.57. The van der Waals surface area contributed by atoms with Crippen molar-refractivity contribution in [3.05, 3.63) is 0 Å². The highest BCUT2D eigenvalue weighted by atomic mass is 32.2. The zero-order valence-electron chi connectivity index (χ0n) is 8.28. The van der Waals surface area contributed by atoms with E-state index < -0.39 is 9.84 Å². The van der Waals surface area contributed by atoms with Crippen LogP contribution in [0.1, 0.15) is 13.3 Å². The number of likely N-dealkylation sites (N-methyl/N-ethyl adjacent to an activating group) is 1. The highest BCUT2D eigenvalue weighted by molar-refractivity contribution is 7.91. The number of nitrogens with two attached hydrogens (primary N) is 1. The van der Waals surface area contributed by atoms with Crippen molar-refractivity contribution in [2.75, 3.05) is 31.6 Å². The van der Waals surface area contributed by atoms with E-state index in [9.17, 15) is 8.42 Å². The molecule has 1 unspecified atom stereocenters. The highest BCUT2D eigenvalue weighted by Gasteiger charge is 2.43. The molecule has 13 heavy (non-hydrogen) atoms. The summed E-state index contributed by atoms with van der Waals surface area (Å²) in [7, 11) is -0.905. The van der Waals surface area contributed by atoms with Gasteiger partial charge in [0.15, 0.2) is 9.84 Å². The van der Waals surface area contributed by atoms with Crippen LogP contribution in [0.25, 0.3) is 0 Å². The summed E-state index contributed by atoms with van der Waals surface area (Å²) in [6, 6.07) is 0. The molecule has 0 amide bonds. The van der Waals surface area contributed by atoms with Gasteiger partial charge in [-0.3, -0.25) is 4.90 Å². The molecule has 1 saturated heterocycles. The maximum atomic E-state index is 11.3. The molecular weight excluding hydrogens is 188 g/mol. The van der Waals surface area contributed by atoms with Gasteiger partial charge in [-0.1, -0.05) is 6.92 Å². The molecule has 0 radical (unpaired) electrons. The van der Waals surface area contributed by atoms with Gasteiger partial charge in [-0.05, 0) is 20.0 Å². The lowest BCUT2D eigenvalue weighted by atomic mass is 9.97. The van der Waals surface area contributed by atoms with Crippen molar-refractivity contribution in [1.29, 1.82) is 0 Å². The third-order valence-electron chi connectivity index (χ3n) is 3.03. The summed E-state index contributed by atoms with van der Waals surface area (Å²) in [5.41, 5.74) is 5.36. The van der Waals surface area contributed by atoms with Gasteiger partial charge >= 0.3 is 0 Å². The lowest BCUT2D eigenvalue weighted by Gasteiger charge is -2.35. The summed E-state index contributed by atoms with van der Waals surface area (Å²) >= 11 is 0. The molecule has 2 N–H and O–H groups in total. The predicted molar refractivity (Wildman–Crippen MR) is 53.4 cm³/mol. The van der Waals surface area contributed by atoms with Crippen LogP contribution in [-0.2, 0) is 9.84 Å². The molecule has 1 fully saturated rings. The summed E-state index contributed by atoms with van der Waals surface area (Å²) in [5.74, 6) is 0.509. The first kappa shape index (κ1) is 10.9. The van der Waals surface area contributed by atoms with E-state index in [1.165, 1.54) is 0 Å². The van der Waals surface area contributed by atoms with Crippen LogP contribution in [0, 0.1) is 0 Å². The molecule has 1 rings (SSSR count).